The molecule has 0 saturated heterocycles. The van der Waals surface area contributed by atoms with Crippen molar-refractivity contribution in [2.24, 2.45) is 0 Å². The molecule has 0 unspecified atom stereocenters. The molecule has 0 aliphatic rings. The minimum absolute atomic E-state index is 0.973. The van der Waals surface area contributed by atoms with E-state index in [-0.39, 0.29) is 0 Å². The first-order valence-electron chi connectivity index (χ1n) is 15.7. The van der Waals surface area contributed by atoms with E-state index in [2.05, 4.69) is 157 Å². The van der Waals surface area contributed by atoms with Crippen molar-refractivity contribution in [1.82, 2.24) is 9.97 Å². The average Bonchev–Trinajstić information content (AvgIpc) is 3.14. The Bertz CT molecular complexity index is 2560. The van der Waals surface area contributed by atoms with E-state index in [1.54, 1.807) is 0 Å². The quantitative estimate of drug-likeness (QED) is 0.192. The summed E-state index contributed by atoms with van der Waals surface area (Å²) in [5.41, 5.74) is 9.95. The van der Waals surface area contributed by atoms with Crippen LogP contribution >= 0.6 is 0 Å². The van der Waals surface area contributed by atoms with Crippen molar-refractivity contribution in [3.63, 3.8) is 0 Å². The third-order valence-corrected chi connectivity index (χ3v) is 9.12. The number of aromatic nitrogens is 2. The van der Waals surface area contributed by atoms with Gasteiger partial charge in [-0.15, -0.1) is 0 Å². The van der Waals surface area contributed by atoms with Gasteiger partial charge in [0.15, 0.2) is 0 Å². The Kier molecular flexibility index (Phi) is 6.17. The Labute approximate surface area is 267 Å². The van der Waals surface area contributed by atoms with E-state index in [1.807, 2.05) is 18.3 Å². The topological polar surface area (TPSA) is 25.8 Å². The Hall–Kier alpha value is -6.12. The first-order valence-corrected chi connectivity index (χ1v) is 15.7. The number of hydrogen-bond acceptors (Lipinski definition) is 2. The number of pyridine rings is 2. The average molecular weight is 585 g/mol. The highest BCUT2D eigenvalue weighted by molar-refractivity contribution is 6.18. The molecule has 0 spiro atoms. The summed E-state index contributed by atoms with van der Waals surface area (Å²) >= 11 is 0. The van der Waals surface area contributed by atoms with E-state index >= 15 is 0 Å². The highest BCUT2D eigenvalue weighted by Crippen LogP contribution is 2.42. The molecule has 0 fully saturated rings. The molecule has 0 amide bonds. The summed E-state index contributed by atoms with van der Waals surface area (Å²) in [6.45, 7) is 0. The highest BCUT2D eigenvalue weighted by atomic mass is 14.7. The summed E-state index contributed by atoms with van der Waals surface area (Å²) in [5, 5.41) is 8.35. The summed E-state index contributed by atoms with van der Waals surface area (Å²) in [7, 11) is 0. The van der Waals surface area contributed by atoms with Gasteiger partial charge in [0.25, 0.3) is 0 Å². The highest BCUT2D eigenvalue weighted by Gasteiger charge is 2.18. The van der Waals surface area contributed by atoms with E-state index in [0.717, 1.165) is 38.8 Å². The summed E-state index contributed by atoms with van der Waals surface area (Å²) in [6, 6.07) is 58.5. The maximum atomic E-state index is 5.47. The van der Waals surface area contributed by atoms with Gasteiger partial charge in [0.2, 0.25) is 0 Å². The number of nitrogens with zero attached hydrogens (tertiary/aromatic N) is 2. The van der Waals surface area contributed by atoms with Crippen molar-refractivity contribution in [1.29, 1.82) is 0 Å². The lowest BCUT2D eigenvalue weighted by molar-refractivity contribution is 1.33. The zero-order valence-electron chi connectivity index (χ0n) is 25.1. The van der Waals surface area contributed by atoms with Crippen molar-refractivity contribution in [3.05, 3.63) is 170 Å². The van der Waals surface area contributed by atoms with Crippen LogP contribution in [0.4, 0.5) is 0 Å². The smallest absolute Gasteiger partial charge is 0.0794 e. The fourth-order valence-corrected chi connectivity index (χ4v) is 6.92. The van der Waals surface area contributed by atoms with Gasteiger partial charge in [0, 0.05) is 28.1 Å². The maximum absolute atomic E-state index is 5.47. The van der Waals surface area contributed by atoms with E-state index in [0.29, 0.717) is 0 Å². The molecule has 0 aliphatic carbocycles. The zero-order valence-corrected chi connectivity index (χ0v) is 25.1. The van der Waals surface area contributed by atoms with Gasteiger partial charge in [0.1, 0.15) is 0 Å². The Morgan fingerprint density at radius 1 is 0.326 bits per heavy atom. The first-order chi connectivity index (χ1) is 22.8. The van der Waals surface area contributed by atoms with Crippen molar-refractivity contribution in [2.75, 3.05) is 0 Å². The van der Waals surface area contributed by atoms with Gasteiger partial charge < -0.3 is 0 Å². The Balaban J connectivity index is 1.36. The molecule has 2 heterocycles. The zero-order chi connectivity index (χ0) is 30.5. The van der Waals surface area contributed by atoms with Crippen molar-refractivity contribution in [2.45, 2.75) is 0 Å². The van der Waals surface area contributed by atoms with Crippen molar-refractivity contribution in [3.8, 4) is 44.8 Å². The lowest BCUT2D eigenvalue weighted by atomic mass is 9.89. The van der Waals surface area contributed by atoms with E-state index in [9.17, 15) is 0 Å². The molecule has 2 heteroatoms. The van der Waals surface area contributed by atoms with E-state index in [1.165, 1.54) is 49.2 Å². The summed E-state index contributed by atoms with van der Waals surface area (Å²) < 4.78 is 0. The van der Waals surface area contributed by atoms with Gasteiger partial charge in [0.05, 0.1) is 16.9 Å². The lowest BCUT2D eigenvalue weighted by Crippen LogP contribution is -1.94. The minimum atomic E-state index is 0.973. The van der Waals surface area contributed by atoms with Crippen LogP contribution in [0.2, 0.25) is 0 Å². The van der Waals surface area contributed by atoms with Crippen LogP contribution in [-0.4, -0.2) is 9.97 Å². The van der Waals surface area contributed by atoms with Crippen LogP contribution in [0, 0.1) is 0 Å². The predicted molar refractivity (Wildman–Crippen MR) is 194 cm³/mol. The van der Waals surface area contributed by atoms with Crippen molar-refractivity contribution >= 4 is 43.2 Å². The maximum Gasteiger partial charge on any atom is 0.0794 e. The number of hydrogen-bond donors (Lipinski definition) is 0. The monoisotopic (exact) mass is 584 g/mol. The molecule has 9 rings (SSSR count). The van der Waals surface area contributed by atoms with Gasteiger partial charge >= 0.3 is 0 Å². The molecule has 2 aromatic heterocycles. The molecule has 0 atom stereocenters. The minimum Gasteiger partial charge on any atom is -0.256 e. The molecule has 0 radical (unpaired) electrons. The number of rotatable bonds is 4. The van der Waals surface area contributed by atoms with Crippen LogP contribution in [0.1, 0.15) is 0 Å². The Morgan fingerprint density at radius 2 is 0.913 bits per heavy atom. The van der Waals surface area contributed by atoms with Crippen LogP contribution in [0.3, 0.4) is 0 Å². The standard InChI is InChI=1S/C44H28N2/c1-3-15-33-29(11-1)13-9-19-35(33)40-28-43(37-20-10-14-30-12-2-4-16-34(30)37)46-44-38-18-6-5-17-36(38)39(27-41(40)44)31-22-24-32(25-23-31)42-21-7-8-26-45-42/h1-28H. The van der Waals surface area contributed by atoms with Crippen LogP contribution in [0.5, 0.6) is 0 Å². The molecule has 0 aliphatic heterocycles. The second-order valence-corrected chi connectivity index (χ2v) is 11.8. The lowest BCUT2D eigenvalue weighted by Gasteiger charge is -2.17. The van der Waals surface area contributed by atoms with Gasteiger partial charge in [-0.3, -0.25) is 4.98 Å². The SMILES string of the molecule is c1ccc(-c2ccc(-c3cc4c(-c5cccc6ccccc56)cc(-c5cccc6ccccc56)nc4c4ccccc34)cc2)nc1. The summed E-state index contributed by atoms with van der Waals surface area (Å²) in [6.07, 6.45) is 1.84. The fraction of sp³-hybridized carbons (Fsp3) is 0. The normalized spacial score (nSPS) is 11.5. The Morgan fingerprint density at radius 3 is 1.63 bits per heavy atom. The largest absolute Gasteiger partial charge is 0.256 e. The summed E-state index contributed by atoms with van der Waals surface area (Å²) in [5.74, 6) is 0. The van der Waals surface area contributed by atoms with E-state index in [4.69, 9.17) is 4.98 Å². The van der Waals surface area contributed by atoms with Gasteiger partial charge in [-0.1, -0.05) is 140 Å². The molecule has 7 aromatic carbocycles. The molecular weight excluding hydrogens is 556 g/mol. The third-order valence-electron chi connectivity index (χ3n) is 9.12. The fourth-order valence-electron chi connectivity index (χ4n) is 6.92. The van der Waals surface area contributed by atoms with Crippen LogP contribution in [0.25, 0.3) is 88.0 Å². The first kappa shape index (κ1) is 26.3. The number of benzene rings is 7. The molecule has 2 nitrogen and oxygen atoms in total. The molecular formula is C44H28N2. The second-order valence-electron chi connectivity index (χ2n) is 11.8. The van der Waals surface area contributed by atoms with Crippen LogP contribution in [0.15, 0.2) is 170 Å². The van der Waals surface area contributed by atoms with Crippen LogP contribution in [-0.2, 0) is 0 Å². The van der Waals surface area contributed by atoms with Gasteiger partial charge in [-0.25, -0.2) is 4.98 Å². The molecule has 46 heavy (non-hydrogen) atoms. The van der Waals surface area contributed by atoms with E-state index < -0.39 is 0 Å². The molecule has 0 bridgehead atoms. The third kappa shape index (κ3) is 4.35. The molecule has 0 N–H and O–H groups in total. The summed E-state index contributed by atoms with van der Waals surface area (Å²) in [4.78, 5) is 10.0. The second kappa shape index (κ2) is 10.8. The van der Waals surface area contributed by atoms with Gasteiger partial charge in [-0.2, -0.15) is 0 Å². The molecule has 0 saturated carbocycles. The molecule has 9 aromatic rings. The number of fused-ring (bicyclic) bond motifs is 5. The molecule has 214 valence electrons. The van der Waals surface area contributed by atoms with Crippen LogP contribution < -0.4 is 0 Å². The predicted octanol–water partition coefficient (Wildman–Crippen LogP) is 11.8. The van der Waals surface area contributed by atoms with Crippen molar-refractivity contribution < 1.29 is 0 Å². The van der Waals surface area contributed by atoms with Gasteiger partial charge in [-0.05, 0) is 73.5 Å².